The second kappa shape index (κ2) is 4.09. The number of benzene rings is 1. The molecule has 0 aliphatic carbocycles. The summed E-state index contributed by atoms with van der Waals surface area (Å²) >= 11 is 0. The van der Waals surface area contributed by atoms with E-state index in [4.69, 9.17) is 0 Å². The minimum absolute atomic E-state index is 0.116. The van der Waals surface area contributed by atoms with Crippen molar-refractivity contribution in [3.05, 3.63) is 41.1 Å². The molecule has 0 saturated heterocycles. The number of hydrogen-bond donors (Lipinski definition) is 0. The van der Waals surface area contributed by atoms with Crippen molar-refractivity contribution in [3.63, 3.8) is 0 Å². The molecule has 1 aliphatic rings. The third-order valence-electron chi connectivity index (χ3n) is 3.58. The zero-order valence-electron chi connectivity index (χ0n) is 10.7. The molecule has 3 rings (SSSR count). The zero-order chi connectivity index (χ0) is 12.7. The third-order valence-corrected chi connectivity index (χ3v) is 3.58. The topological polar surface area (TPSA) is 34.9 Å². The van der Waals surface area contributed by atoms with Crippen molar-refractivity contribution in [3.8, 4) is 11.3 Å². The fraction of sp³-hybridized carbons (Fsp3) is 0.333. The van der Waals surface area contributed by atoms with Gasteiger partial charge in [-0.05, 0) is 25.3 Å². The SMILES string of the molecule is CCc1nn2c(c1C(C)=O)-c1ccccc1CC2. The van der Waals surface area contributed by atoms with Crippen molar-refractivity contribution in [2.45, 2.75) is 33.2 Å². The molecule has 0 unspecified atom stereocenters. The fourth-order valence-corrected chi connectivity index (χ4v) is 2.76. The molecule has 0 radical (unpaired) electrons. The number of carbonyl (C=O) groups excluding carboxylic acids is 1. The van der Waals surface area contributed by atoms with Crippen molar-refractivity contribution < 1.29 is 4.79 Å². The Morgan fingerprint density at radius 2 is 2.17 bits per heavy atom. The smallest absolute Gasteiger partial charge is 0.163 e. The molecule has 3 nitrogen and oxygen atoms in total. The summed E-state index contributed by atoms with van der Waals surface area (Å²) in [4.78, 5) is 11.9. The minimum Gasteiger partial charge on any atom is -0.294 e. The highest BCUT2D eigenvalue weighted by molar-refractivity contribution is 6.01. The minimum atomic E-state index is 0.116. The van der Waals surface area contributed by atoms with E-state index >= 15 is 0 Å². The van der Waals surface area contributed by atoms with Gasteiger partial charge in [-0.15, -0.1) is 0 Å². The predicted molar refractivity (Wildman–Crippen MR) is 70.7 cm³/mol. The molecule has 0 spiro atoms. The van der Waals surface area contributed by atoms with Crippen LogP contribution in [-0.2, 0) is 19.4 Å². The van der Waals surface area contributed by atoms with E-state index in [2.05, 4.69) is 23.3 Å². The average Bonchev–Trinajstić information content (AvgIpc) is 2.77. The van der Waals surface area contributed by atoms with Gasteiger partial charge in [-0.3, -0.25) is 9.48 Å². The highest BCUT2D eigenvalue weighted by atomic mass is 16.1. The summed E-state index contributed by atoms with van der Waals surface area (Å²) in [5, 5.41) is 4.59. The molecule has 0 fully saturated rings. The van der Waals surface area contributed by atoms with Crippen LogP contribution in [0.1, 0.15) is 35.5 Å². The maximum absolute atomic E-state index is 11.9. The van der Waals surface area contributed by atoms with E-state index in [1.54, 1.807) is 6.92 Å². The second-order valence-corrected chi connectivity index (χ2v) is 4.71. The number of fused-ring (bicyclic) bond motifs is 3. The molecule has 0 saturated carbocycles. The van der Waals surface area contributed by atoms with E-state index in [-0.39, 0.29) is 5.78 Å². The number of rotatable bonds is 2. The molecule has 1 aromatic carbocycles. The van der Waals surface area contributed by atoms with Gasteiger partial charge in [-0.2, -0.15) is 5.10 Å². The van der Waals surface area contributed by atoms with E-state index in [1.165, 1.54) is 11.1 Å². The van der Waals surface area contributed by atoms with E-state index in [1.807, 2.05) is 17.7 Å². The van der Waals surface area contributed by atoms with E-state index in [0.717, 1.165) is 36.3 Å². The number of aromatic nitrogens is 2. The predicted octanol–water partition coefficient (Wildman–Crippen LogP) is 2.87. The van der Waals surface area contributed by atoms with Crippen LogP contribution in [0.5, 0.6) is 0 Å². The van der Waals surface area contributed by atoms with Crippen LogP contribution >= 0.6 is 0 Å². The van der Waals surface area contributed by atoms with Crippen LogP contribution in [0.25, 0.3) is 11.3 Å². The monoisotopic (exact) mass is 240 g/mol. The molecule has 92 valence electrons. The summed E-state index contributed by atoms with van der Waals surface area (Å²) in [7, 11) is 0. The van der Waals surface area contributed by atoms with Crippen molar-refractivity contribution in [2.24, 2.45) is 0 Å². The Morgan fingerprint density at radius 1 is 1.39 bits per heavy atom. The summed E-state index contributed by atoms with van der Waals surface area (Å²) in [5.41, 5.74) is 5.23. The summed E-state index contributed by atoms with van der Waals surface area (Å²) in [6.45, 7) is 4.55. The molecule has 1 aliphatic heterocycles. The molecule has 2 aromatic rings. The molecule has 2 heterocycles. The molecule has 18 heavy (non-hydrogen) atoms. The lowest BCUT2D eigenvalue weighted by Gasteiger charge is -2.18. The van der Waals surface area contributed by atoms with Gasteiger partial charge in [-0.1, -0.05) is 31.2 Å². The first-order valence-electron chi connectivity index (χ1n) is 6.41. The van der Waals surface area contributed by atoms with Crippen LogP contribution in [0.4, 0.5) is 0 Å². The van der Waals surface area contributed by atoms with Crippen LogP contribution in [0.3, 0.4) is 0 Å². The highest BCUT2D eigenvalue weighted by Gasteiger charge is 2.25. The number of carbonyl (C=O) groups is 1. The lowest BCUT2D eigenvalue weighted by atomic mass is 9.94. The molecular formula is C15H16N2O. The van der Waals surface area contributed by atoms with Crippen molar-refractivity contribution in [2.75, 3.05) is 0 Å². The first-order valence-corrected chi connectivity index (χ1v) is 6.41. The van der Waals surface area contributed by atoms with E-state index in [0.29, 0.717) is 0 Å². The quantitative estimate of drug-likeness (QED) is 0.756. The number of hydrogen-bond acceptors (Lipinski definition) is 2. The largest absolute Gasteiger partial charge is 0.294 e. The van der Waals surface area contributed by atoms with Crippen molar-refractivity contribution in [1.82, 2.24) is 9.78 Å². The summed E-state index contributed by atoms with van der Waals surface area (Å²) in [6, 6.07) is 8.31. The molecule has 0 amide bonds. The number of Topliss-reactive ketones (excluding diaryl/α,β-unsaturated/α-hetero) is 1. The van der Waals surface area contributed by atoms with Crippen LogP contribution in [0.2, 0.25) is 0 Å². The maximum Gasteiger partial charge on any atom is 0.163 e. The molecule has 3 heteroatoms. The summed E-state index contributed by atoms with van der Waals surface area (Å²) in [6.07, 6.45) is 1.79. The van der Waals surface area contributed by atoms with E-state index < -0.39 is 0 Å². The van der Waals surface area contributed by atoms with Gasteiger partial charge in [0, 0.05) is 12.1 Å². The lowest BCUT2D eigenvalue weighted by molar-refractivity contribution is 0.101. The number of nitrogens with zero attached hydrogens (tertiary/aromatic N) is 2. The van der Waals surface area contributed by atoms with Gasteiger partial charge >= 0.3 is 0 Å². The molecule has 0 atom stereocenters. The first-order chi connectivity index (χ1) is 8.72. The Bertz CT molecular complexity index is 625. The Kier molecular flexibility index (Phi) is 2.54. The molecule has 1 aromatic heterocycles. The Labute approximate surface area is 106 Å². The zero-order valence-corrected chi connectivity index (χ0v) is 10.7. The van der Waals surface area contributed by atoms with Crippen molar-refractivity contribution in [1.29, 1.82) is 0 Å². The van der Waals surface area contributed by atoms with Gasteiger partial charge < -0.3 is 0 Å². The number of aryl methyl sites for hydroxylation is 3. The molecule has 0 N–H and O–H groups in total. The van der Waals surface area contributed by atoms with Crippen LogP contribution in [-0.4, -0.2) is 15.6 Å². The Balaban J connectivity index is 2.31. The third kappa shape index (κ3) is 1.50. The van der Waals surface area contributed by atoms with Gasteiger partial charge in [0.15, 0.2) is 5.78 Å². The Morgan fingerprint density at radius 3 is 2.89 bits per heavy atom. The van der Waals surface area contributed by atoms with Gasteiger partial charge in [0.25, 0.3) is 0 Å². The summed E-state index contributed by atoms with van der Waals surface area (Å²) < 4.78 is 2.00. The van der Waals surface area contributed by atoms with Gasteiger partial charge in [0.1, 0.15) is 0 Å². The summed E-state index contributed by atoms with van der Waals surface area (Å²) in [5.74, 6) is 0.116. The first kappa shape index (κ1) is 11.2. The Hall–Kier alpha value is -1.90. The van der Waals surface area contributed by atoms with E-state index in [9.17, 15) is 4.79 Å². The van der Waals surface area contributed by atoms with Crippen LogP contribution in [0.15, 0.2) is 24.3 Å². The van der Waals surface area contributed by atoms with Crippen LogP contribution in [0, 0.1) is 0 Å². The van der Waals surface area contributed by atoms with Gasteiger partial charge in [-0.25, -0.2) is 0 Å². The lowest BCUT2D eigenvalue weighted by Crippen LogP contribution is -2.12. The fourth-order valence-electron chi connectivity index (χ4n) is 2.76. The standard InChI is InChI=1S/C15H16N2O/c1-3-13-14(10(2)18)15-12-7-5-4-6-11(12)8-9-17(15)16-13/h4-7H,3,8-9H2,1-2H3. The second-order valence-electron chi connectivity index (χ2n) is 4.71. The average molecular weight is 240 g/mol. The number of ketones is 1. The maximum atomic E-state index is 11.9. The van der Waals surface area contributed by atoms with Crippen molar-refractivity contribution >= 4 is 5.78 Å². The van der Waals surface area contributed by atoms with Gasteiger partial charge in [0.2, 0.25) is 0 Å². The highest BCUT2D eigenvalue weighted by Crippen LogP contribution is 2.33. The molecule has 0 bridgehead atoms. The molecular weight excluding hydrogens is 224 g/mol. The normalized spacial score (nSPS) is 13.0. The van der Waals surface area contributed by atoms with Crippen LogP contribution < -0.4 is 0 Å². The van der Waals surface area contributed by atoms with Gasteiger partial charge in [0.05, 0.1) is 17.0 Å².